The number of hydrogen-bond acceptors (Lipinski definition) is 4. The molecule has 1 heterocycles. The van der Waals surface area contributed by atoms with E-state index in [1.54, 1.807) is 19.0 Å². The first-order chi connectivity index (χ1) is 8.70. The summed E-state index contributed by atoms with van der Waals surface area (Å²) in [5.74, 6) is 1.54. The van der Waals surface area contributed by atoms with Gasteiger partial charge in [0.05, 0.1) is 13.1 Å². The number of fused-ring (bicyclic) bond motifs is 1. The molecule has 5 nitrogen and oxygen atoms in total. The van der Waals surface area contributed by atoms with Gasteiger partial charge in [-0.1, -0.05) is 12.1 Å². The van der Waals surface area contributed by atoms with Gasteiger partial charge in [-0.2, -0.15) is 0 Å². The highest BCUT2D eigenvalue weighted by Crippen LogP contribution is 2.30. The minimum atomic E-state index is -0.120. The van der Waals surface area contributed by atoms with Crippen molar-refractivity contribution in [3.63, 3.8) is 0 Å². The van der Waals surface area contributed by atoms with Gasteiger partial charge in [0.15, 0.2) is 17.6 Å². The predicted octanol–water partition coefficient (Wildman–Crippen LogP) is 0.504. The molecule has 1 aliphatic heterocycles. The van der Waals surface area contributed by atoms with Gasteiger partial charge in [0.1, 0.15) is 6.61 Å². The fraction of sp³-hybridized carbons (Fsp3) is 0.462. The van der Waals surface area contributed by atoms with Gasteiger partial charge in [-0.25, -0.2) is 0 Å². The third kappa shape index (κ3) is 2.92. The Hall–Kier alpha value is -1.75. The molecular weight excluding hydrogens is 232 g/mol. The molecule has 0 bridgehead atoms. The zero-order chi connectivity index (χ0) is 13.0. The van der Waals surface area contributed by atoms with Crippen molar-refractivity contribution in [1.82, 2.24) is 10.2 Å². The van der Waals surface area contributed by atoms with E-state index in [1.165, 1.54) is 0 Å². The summed E-state index contributed by atoms with van der Waals surface area (Å²) in [6, 6.07) is 7.56. The molecule has 1 unspecified atom stereocenters. The number of amides is 1. The monoisotopic (exact) mass is 250 g/mol. The molecular formula is C13H18N2O3. The van der Waals surface area contributed by atoms with E-state index in [4.69, 9.17) is 9.47 Å². The van der Waals surface area contributed by atoms with Crippen LogP contribution in [0.3, 0.4) is 0 Å². The van der Waals surface area contributed by atoms with E-state index in [9.17, 15) is 4.79 Å². The lowest BCUT2D eigenvalue weighted by molar-refractivity contribution is -0.130. The van der Waals surface area contributed by atoms with E-state index >= 15 is 0 Å². The molecule has 2 rings (SSSR count). The van der Waals surface area contributed by atoms with Crippen molar-refractivity contribution in [2.24, 2.45) is 0 Å². The molecule has 1 aliphatic rings. The Morgan fingerprint density at radius 3 is 2.89 bits per heavy atom. The lowest BCUT2D eigenvalue weighted by Crippen LogP contribution is -2.44. The molecule has 1 aromatic carbocycles. The molecule has 1 amide bonds. The fourth-order valence-electron chi connectivity index (χ4n) is 1.85. The highest BCUT2D eigenvalue weighted by atomic mass is 16.6. The number of hydrogen-bond donors (Lipinski definition) is 1. The van der Waals surface area contributed by atoms with Gasteiger partial charge in [0, 0.05) is 7.05 Å². The number of rotatable bonds is 4. The van der Waals surface area contributed by atoms with Gasteiger partial charge in [0.2, 0.25) is 5.91 Å². The lowest BCUT2D eigenvalue weighted by Gasteiger charge is -2.29. The number of nitrogens with zero attached hydrogens (tertiary/aromatic N) is 1. The highest BCUT2D eigenvalue weighted by Gasteiger charge is 2.23. The summed E-state index contributed by atoms with van der Waals surface area (Å²) < 4.78 is 11.4. The first-order valence-corrected chi connectivity index (χ1v) is 5.97. The molecule has 0 aliphatic carbocycles. The molecule has 1 aromatic rings. The Morgan fingerprint density at radius 1 is 1.44 bits per heavy atom. The number of benzene rings is 1. The average molecular weight is 250 g/mol. The Balaban J connectivity index is 1.91. The highest BCUT2D eigenvalue weighted by molar-refractivity contribution is 5.77. The average Bonchev–Trinajstić information content (AvgIpc) is 2.39. The molecule has 0 saturated heterocycles. The van der Waals surface area contributed by atoms with Gasteiger partial charge >= 0.3 is 0 Å². The number of carbonyl (C=O) groups is 1. The van der Waals surface area contributed by atoms with Crippen molar-refractivity contribution >= 4 is 5.91 Å². The molecule has 1 atom stereocenters. The molecule has 0 fully saturated rings. The van der Waals surface area contributed by atoms with Gasteiger partial charge in [0.25, 0.3) is 0 Å². The Morgan fingerprint density at radius 2 is 2.17 bits per heavy atom. The number of likely N-dealkylation sites (N-methyl/N-ethyl adjacent to an activating group) is 2. The Labute approximate surface area is 107 Å². The minimum Gasteiger partial charge on any atom is -0.486 e. The molecule has 0 aromatic heterocycles. The normalized spacial score (nSPS) is 17.3. The van der Waals surface area contributed by atoms with E-state index in [0.29, 0.717) is 19.7 Å². The summed E-state index contributed by atoms with van der Waals surface area (Å²) in [6.45, 7) is 1.32. The van der Waals surface area contributed by atoms with Crippen molar-refractivity contribution in [2.75, 3.05) is 33.8 Å². The van der Waals surface area contributed by atoms with Crippen LogP contribution in [0.1, 0.15) is 0 Å². The van der Waals surface area contributed by atoms with Crippen molar-refractivity contribution in [3.05, 3.63) is 24.3 Å². The van der Waals surface area contributed by atoms with Crippen LogP contribution in [0.25, 0.3) is 0 Å². The third-order valence-electron chi connectivity index (χ3n) is 2.80. The smallest absolute Gasteiger partial charge is 0.236 e. The SMILES string of the molecule is CNCC(=O)N(C)CC1COc2ccccc2O1. The minimum absolute atomic E-state index is 0.0416. The molecule has 1 N–H and O–H groups in total. The van der Waals surface area contributed by atoms with Crippen molar-refractivity contribution in [3.8, 4) is 11.5 Å². The first kappa shape index (κ1) is 12.7. The molecule has 18 heavy (non-hydrogen) atoms. The van der Waals surface area contributed by atoms with Crippen LogP contribution in [0, 0.1) is 0 Å². The standard InChI is InChI=1S/C13H18N2O3/c1-14-7-13(16)15(2)8-10-9-17-11-5-3-4-6-12(11)18-10/h3-6,10,14H,7-9H2,1-2H3. The third-order valence-corrected chi connectivity index (χ3v) is 2.80. The summed E-state index contributed by atoms with van der Waals surface area (Å²) in [5, 5.41) is 2.84. The number of carbonyl (C=O) groups excluding carboxylic acids is 1. The number of ether oxygens (including phenoxy) is 2. The van der Waals surface area contributed by atoms with Crippen molar-refractivity contribution in [2.45, 2.75) is 6.10 Å². The number of nitrogens with one attached hydrogen (secondary N) is 1. The van der Waals surface area contributed by atoms with Crippen molar-refractivity contribution in [1.29, 1.82) is 0 Å². The van der Waals surface area contributed by atoms with E-state index in [0.717, 1.165) is 11.5 Å². The van der Waals surface area contributed by atoms with E-state index in [2.05, 4.69) is 5.32 Å². The predicted molar refractivity (Wildman–Crippen MR) is 67.9 cm³/mol. The van der Waals surface area contributed by atoms with Crippen LogP contribution in [-0.4, -0.2) is 50.7 Å². The maximum atomic E-state index is 11.6. The first-order valence-electron chi connectivity index (χ1n) is 5.97. The fourth-order valence-corrected chi connectivity index (χ4v) is 1.85. The second kappa shape index (κ2) is 5.73. The molecule has 0 spiro atoms. The van der Waals surface area contributed by atoms with Crippen molar-refractivity contribution < 1.29 is 14.3 Å². The largest absolute Gasteiger partial charge is 0.486 e. The van der Waals surface area contributed by atoms with Crippen LogP contribution in [-0.2, 0) is 4.79 Å². The Bertz CT molecular complexity index is 422. The van der Waals surface area contributed by atoms with E-state index < -0.39 is 0 Å². The summed E-state index contributed by atoms with van der Waals surface area (Å²) in [5.41, 5.74) is 0. The summed E-state index contributed by atoms with van der Waals surface area (Å²) in [6.07, 6.45) is -0.120. The molecule has 0 saturated carbocycles. The summed E-state index contributed by atoms with van der Waals surface area (Å²) in [7, 11) is 3.52. The molecule has 0 radical (unpaired) electrons. The van der Waals surface area contributed by atoms with Crippen LogP contribution in [0.2, 0.25) is 0 Å². The van der Waals surface area contributed by atoms with Crippen LogP contribution < -0.4 is 14.8 Å². The molecule has 98 valence electrons. The van der Waals surface area contributed by atoms with Crippen LogP contribution in [0.4, 0.5) is 0 Å². The van der Waals surface area contributed by atoms with E-state index in [-0.39, 0.29) is 12.0 Å². The Kier molecular flexibility index (Phi) is 4.04. The maximum absolute atomic E-state index is 11.6. The van der Waals surface area contributed by atoms with Crippen LogP contribution in [0.5, 0.6) is 11.5 Å². The van der Waals surface area contributed by atoms with E-state index in [1.807, 2.05) is 24.3 Å². The van der Waals surface area contributed by atoms with Gasteiger partial charge < -0.3 is 19.7 Å². The quantitative estimate of drug-likeness (QED) is 0.845. The second-order valence-electron chi connectivity index (χ2n) is 4.30. The zero-order valence-corrected chi connectivity index (χ0v) is 10.7. The van der Waals surface area contributed by atoms with Crippen LogP contribution >= 0.6 is 0 Å². The van der Waals surface area contributed by atoms with Gasteiger partial charge in [-0.3, -0.25) is 4.79 Å². The molecule has 5 heteroatoms. The zero-order valence-electron chi connectivity index (χ0n) is 10.7. The van der Waals surface area contributed by atoms with Gasteiger partial charge in [-0.15, -0.1) is 0 Å². The lowest BCUT2D eigenvalue weighted by atomic mass is 10.2. The summed E-state index contributed by atoms with van der Waals surface area (Å²) >= 11 is 0. The van der Waals surface area contributed by atoms with Gasteiger partial charge in [-0.05, 0) is 19.2 Å². The summed E-state index contributed by atoms with van der Waals surface area (Å²) in [4.78, 5) is 13.3. The number of para-hydroxylation sites is 2. The topological polar surface area (TPSA) is 50.8 Å². The second-order valence-corrected chi connectivity index (χ2v) is 4.30. The van der Waals surface area contributed by atoms with Crippen LogP contribution in [0.15, 0.2) is 24.3 Å². The maximum Gasteiger partial charge on any atom is 0.236 e.